The minimum absolute atomic E-state index is 0.0265. The fourth-order valence-corrected chi connectivity index (χ4v) is 2.63. The summed E-state index contributed by atoms with van der Waals surface area (Å²) in [6.45, 7) is 1.87. The highest BCUT2D eigenvalue weighted by molar-refractivity contribution is 6.30. The second-order valence-corrected chi connectivity index (χ2v) is 6.04. The summed E-state index contributed by atoms with van der Waals surface area (Å²) >= 11 is 6.04. The molecule has 0 aliphatic rings. The first kappa shape index (κ1) is 18.5. The number of carbonyl (C=O) groups excluding carboxylic acids is 1. The highest BCUT2D eigenvalue weighted by atomic mass is 35.5. The van der Waals surface area contributed by atoms with Gasteiger partial charge in [0.25, 0.3) is 11.5 Å². The number of nitrogens with one attached hydrogen (secondary N) is 1. The van der Waals surface area contributed by atoms with Crippen molar-refractivity contribution in [2.24, 2.45) is 14.1 Å². The lowest BCUT2D eigenvalue weighted by molar-refractivity contribution is 0.101. The van der Waals surface area contributed by atoms with Gasteiger partial charge in [0.05, 0.1) is 5.69 Å². The second kappa shape index (κ2) is 7.11. The topological polar surface area (TPSA) is 130 Å². The van der Waals surface area contributed by atoms with E-state index in [2.05, 4.69) is 25.9 Å². The maximum Gasteiger partial charge on any atom is 0.351 e. The van der Waals surface area contributed by atoms with Crippen molar-refractivity contribution in [1.82, 2.24) is 34.6 Å². The molecule has 3 rings (SSSR count). The smallest absolute Gasteiger partial charge is 0.288 e. The molecule has 3 aromatic rings. The summed E-state index contributed by atoms with van der Waals surface area (Å²) in [7, 11) is 2.86. The molecule has 0 saturated carbocycles. The number of amides is 1. The Bertz CT molecular complexity index is 1150. The Labute approximate surface area is 157 Å². The van der Waals surface area contributed by atoms with Crippen LogP contribution in [0.3, 0.4) is 0 Å². The van der Waals surface area contributed by atoms with Crippen LogP contribution in [0.25, 0.3) is 5.69 Å². The molecule has 0 fully saturated rings. The Morgan fingerprint density at radius 2 is 1.96 bits per heavy atom. The molecule has 0 aliphatic heterocycles. The third-order valence-electron chi connectivity index (χ3n) is 3.85. The molecule has 0 aliphatic carbocycles. The summed E-state index contributed by atoms with van der Waals surface area (Å²) in [4.78, 5) is 38.0. The number of halogens is 1. The van der Waals surface area contributed by atoms with E-state index in [0.29, 0.717) is 22.7 Å². The highest BCUT2D eigenvalue weighted by Crippen LogP contribution is 2.18. The maximum atomic E-state index is 12.9. The Kier molecular flexibility index (Phi) is 4.86. The van der Waals surface area contributed by atoms with E-state index in [9.17, 15) is 14.4 Å². The van der Waals surface area contributed by atoms with Crippen LogP contribution in [0.4, 0.5) is 5.95 Å². The van der Waals surface area contributed by atoms with Gasteiger partial charge in [-0.1, -0.05) is 29.7 Å². The molecule has 0 saturated heterocycles. The van der Waals surface area contributed by atoms with E-state index in [4.69, 9.17) is 11.6 Å². The zero-order chi connectivity index (χ0) is 19.7. The lowest BCUT2D eigenvalue weighted by atomic mass is 10.1. The Morgan fingerprint density at radius 3 is 2.59 bits per heavy atom. The molecule has 1 amide bonds. The zero-order valence-corrected chi connectivity index (χ0v) is 15.4. The van der Waals surface area contributed by atoms with Gasteiger partial charge in [-0.3, -0.25) is 14.9 Å². The van der Waals surface area contributed by atoms with Gasteiger partial charge >= 0.3 is 5.69 Å². The summed E-state index contributed by atoms with van der Waals surface area (Å²) < 4.78 is 3.00. The van der Waals surface area contributed by atoms with E-state index >= 15 is 0 Å². The molecule has 1 N–H and O–H groups in total. The molecule has 0 spiro atoms. The number of hydrogen-bond acceptors (Lipinski definition) is 7. The van der Waals surface area contributed by atoms with Crippen molar-refractivity contribution >= 4 is 23.5 Å². The first-order valence-electron chi connectivity index (χ1n) is 7.86. The molecule has 11 nitrogen and oxygen atoms in total. The van der Waals surface area contributed by atoms with Gasteiger partial charge in [-0.25, -0.2) is 18.7 Å². The lowest BCUT2D eigenvalue weighted by Crippen LogP contribution is -2.44. The molecule has 0 radical (unpaired) electrons. The monoisotopic (exact) mass is 390 g/mol. The maximum absolute atomic E-state index is 12.9. The molecule has 140 valence electrons. The van der Waals surface area contributed by atoms with Crippen LogP contribution in [-0.2, 0) is 20.5 Å². The predicted octanol–water partition coefficient (Wildman–Crippen LogP) is -0.0772. The summed E-state index contributed by atoms with van der Waals surface area (Å²) in [6, 6.07) is 4.88. The van der Waals surface area contributed by atoms with Crippen LogP contribution in [0.2, 0.25) is 5.02 Å². The van der Waals surface area contributed by atoms with Crippen LogP contribution in [-0.4, -0.2) is 40.5 Å². The fraction of sp³-hybridized carbons (Fsp3) is 0.267. The van der Waals surface area contributed by atoms with Crippen molar-refractivity contribution in [1.29, 1.82) is 0 Å². The van der Waals surface area contributed by atoms with E-state index in [1.165, 1.54) is 24.8 Å². The number of aromatic nitrogens is 7. The van der Waals surface area contributed by atoms with Gasteiger partial charge in [0.15, 0.2) is 0 Å². The first-order chi connectivity index (χ1) is 12.8. The number of hydrogen-bond donors (Lipinski definition) is 1. The lowest BCUT2D eigenvalue weighted by Gasteiger charge is -2.13. The molecule has 0 atom stereocenters. The quantitative estimate of drug-likeness (QED) is 0.659. The van der Waals surface area contributed by atoms with Crippen LogP contribution < -0.4 is 16.6 Å². The van der Waals surface area contributed by atoms with Crippen LogP contribution in [0, 0.1) is 0 Å². The van der Waals surface area contributed by atoms with Gasteiger partial charge in [-0.15, -0.1) is 0 Å². The molecule has 27 heavy (non-hydrogen) atoms. The molecule has 0 unspecified atom stereocenters. The van der Waals surface area contributed by atoms with Crippen LogP contribution in [0.5, 0.6) is 0 Å². The Balaban J connectivity index is 2.19. The number of anilines is 1. The van der Waals surface area contributed by atoms with E-state index in [0.717, 1.165) is 9.25 Å². The molecule has 2 heterocycles. The second-order valence-electron chi connectivity index (χ2n) is 5.60. The SMILES string of the molecule is CCc1ccc(Cl)cc1-n1c(=O)c(C(=O)Nc2nnnn2C)nn(C)c1=O. The highest BCUT2D eigenvalue weighted by Gasteiger charge is 2.22. The molecular weight excluding hydrogens is 376 g/mol. The molecular formula is C15H15ClN8O3. The fourth-order valence-electron chi connectivity index (χ4n) is 2.47. The average molecular weight is 391 g/mol. The predicted molar refractivity (Wildman–Crippen MR) is 96.2 cm³/mol. The minimum atomic E-state index is -0.873. The van der Waals surface area contributed by atoms with Crippen molar-refractivity contribution in [3.8, 4) is 5.69 Å². The molecule has 1 aromatic carbocycles. The van der Waals surface area contributed by atoms with Gasteiger partial charge in [0.1, 0.15) is 0 Å². The number of benzene rings is 1. The summed E-state index contributed by atoms with van der Waals surface area (Å²) in [6.07, 6.45) is 0.552. The van der Waals surface area contributed by atoms with Crippen molar-refractivity contribution in [2.75, 3.05) is 5.32 Å². The van der Waals surface area contributed by atoms with Gasteiger partial charge in [0.2, 0.25) is 11.6 Å². The van der Waals surface area contributed by atoms with Gasteiger partial charge in [-0.05, 0) is 34.5 Å². The largest absolute Gasteiger partial charge is 0.351 e. The van der Waals surface area contributed by atoms with Gasteiger partial charge in [0, 0.05) is 19.1 Å². The minimum Gasteiger partial charge on any atom is -0.288 e. The number of rotatable bonds is 4. The van der Waals surface area contributed by atoms with Crippen molar-refractivity contribution in [3.05, 3.63) is 55.3 Å². The third kappa shape index (κ3) is 3.36. The molecule has 12 heteroatoms. The zero-order valence-electron chi connectivity index (χ0n) is 14.7. The van der Waals surface area contributed by atoms with Gasteiger partial charge in [-0.2, -0.15) is 5.10 Å². The van der Waals surface area contributed by atoms with E-state index in [1.54, 1.807) is 12.1 Å². The van der Waals surface area contributed by atoms with E-state index < -0.39 is 22.9 Å². The van der Waals surface area contributed by atoms with Crippen LogP contribution >= 0.6 is 11.6 Å². The summed E-state index contributed by atoms with van der Waals surface area (Å²) in [5.41, 5.74) is -1.04. The number of aryl methyl sites for hydroxylation is 3. The standard InChI is InChI=1S/C15H15ClN8O3/c1-4-8-5-6-9(16)7-10(8)24-13(26)11(19-23(3)15(24)27)12(25)17-14-18-20-21-22(14)2/h5-7H,4H2,1-3H3,(H,17,18,21,25). The third-order valence-corrected chi connectivity index (χ3v) is 4.09. The molecule has 0 bridgehead atoms. The van der Waals surface area contributed by atoms with Crippen LogP contribution in [0.15, 0.2) is 27.8 Å². The molecule has 2 aromatic heterocycles. The van der Waals surface area contributed by atoms with Crippen molar-refractivity contribution < 1.29 is 4.79 Å². The van der Waals surface area contributed by atoms with Crippen molar-refractivity contribution in [2.45, 2.75) is 13.3 Å². The summed E-state index contributed by atoms with van der Waals surface area (Å²) in [5, 5.41) is 17.1. The Hall–Kier alpha value is -3.34. The number of nitrogens with zero attached hydrogens (tertiary/aromatic N) is 7. The summed E-state index contributed by atoms with van der Waals surface area (Å²) in [5.74, 6) is -0.819. The van der Waals surface area contributed by atoms with Gasteiger partial charge < -0.3 is 0 Å². The first-order valence-corrected chi connectivity index (χ1v) is 8.24. The number of carbonyl (C=O) groups is 1. The van der Waals surface area contributed by atoms with Crippen LogP contribution in [0.1, 0.15) is 23.0 Å². The number of tetrazole rings is 1. The van der Waals surface area contributed by atoms with E-state index in [-0.39, 0.29) is 5.95 Å². The Morgan fingerprint density at radius 1 is 1.22 bits per heavy atom. The normalized spacial score (nSPS) is 10.8. The van der Waals surface area contributed by atoms with E-state index in [1.807, 2.05) is 6.92 Å². The van der Waals surface area contributed by atoms with Crippen molar-refractivity contribution in [3.63, 3.8) is 0 Å². The average Bonchev–Trinajstić information content (AvgIpc) is 3.03.